The molecule has 1 fully saturated rings. The summed E-state index contributed by atoms with van der Waals surface area (Å²) in [7, 11) is 2.91. The molecular formula is C19H26N2O6. The zero-order chi connectivity index (χ0) is 20.0. The van der Waals surface area contributed by atoms with E-state index < -0.39 is 5.97 Å². The van der Waals surface area contributed by atoms with Gasteiger partial charge in [-0.1, -0.05) is 0 Å². The van der Waals surface area contributed by atoms with Gasteiger partial charge in [-0.05, 0) is 37.8 Å². The van der Waals surface area contributed by atoms with E-state index in [0.717, 1.165) is 19.3 Å². The lowest BCUT2D eigenvalue weighted by molar-refractivity contribution is -0.137. The molecule has 1 saturated heterocycles. The maximum Gasteiger partial charge on any atom is 0.303 e. The number of piperidine rings is 1. The maximum absolute atomic E-state index is 13.1. The van der Waals surface area contributed by atoms with E-state index in [1.54, 1.807) is 17.0 Å². The lowest BCUT2D eigenvalue weighted by atomic mass is 9.96. The number of methoxy groups -OCH3 is 2. The van der Waals surface area contributed by atoms with Crippen molar-refractivity contribution in [2.24, 2.45) is 0 Å². The van der Waals surface area contributed by atoms with Crippen LogP contribution in [0.3, 0.4) is 0 Å². The molecule has 1 aliphatic rings. The fourth-order valence-electron chi connectivity index (χ4n) is 3.39. The molecule has 1 aromatic carbocycles. The number of carbonyl (C=O) groups is 3. The first kappa shape index (κ1) is 20.5. The number of aliphatic carboxylic acids is 1. The molecule has 0 spiro atoms. The van der Waals surface area contributed by atoms with Crippen LogP contribution in [0.1, 0.15) is 49.4 Å². The highest BCUT2D eigenvalue weighted by Gasteiger charge is 2.29. The van der Waals surface area contributed by atoms with Gasteiger partial charge in [-0.2, -0.15) is 0 Å². The first-order chi connectivity index (χ1) is 12.9. The highest BCUT2D eigenvalue weighted by Crippen LogP contribution is 2.37. The lowest BCUT2D eigenvalue weighted by Crippen LogP contribution is -2.44. The summed E-state index contributed by atoms with van der Waals surface area (Å²) in [5.74, 6) is -0.696. The van der Waals surface area contributed by atoms with Gasteiger partial charge in [0.15, 0.2) is 11.5 Å². The molecule has 0 bridgehead atoms. The predicted octanol–water partition coefficient (Wildman–Crippen LogP) is 2.52. The summed E-state index contributed by atoms with van der Waals surface area (Å²) in [5, 5.41) is 11.6. The Morgan fingerprint density at radius 2 is 1.96 bits per heavy atom. The van der Waals surface area contributed by atoms with Crippen molar-refractivity contribution in [2.45, 2.75) is 45.1 Å². The van der Waals surface area contributed by atoms with Gasteiger partial charge in [0.25, 0.3) is 5.91 Å². The SMILES string of the molecule is COc1cc(C(=O)N2CCCCC2CCC(=O)O)cc(NC(C)=O)c1OC. The standard InChI is InChI=1S/C19H26N2O6/c1-12(22)20-15-10-13(11-16(26-2)18(15)27-3)19(25)21-9-5-4-6-14(21)7-8-17(23)24/h10-11,14H,4-9H2,1-3H3,(H,20,22)(H,23,24). The van der Waals surface area contributed by atoms with Gasteiger partial charge < -0.3 is 24.8 Å². The van der Waals surface area contributed by atoms with Gasteiger partial charge in [0.2, 0.25) is 5.91 Å². The zero-order valence-corrected chi connectivity index (χ0v) is 15.9. The Morgan fingerprint density at radius 1 is 1.22 bits per heavy atom. The van der Waals surface area contributed by atoms with E-state index in [9.17, 15) is 14.4 Å². The highest BCUT2D eigenvalue weighted by molar-refractivity contribution is 5.99. The Kier molecular flexibility index (Phi) is 7.04. The van der Waals surface area contributed by atoms with Crippen LogP contribution in [-0.2, 0) is 9.59 Å². The van der Waals surface area contributed by atoms with Crippen molar-refractivity contribution in [3.8, 4) is 11.5 Å². The van der Waals surface area contributed by atoms with Crippen molar-refractivity contribution in [1.82, 2.24) is 4.90 Å². The number of carboxylic acids is 1. The number of hydrogen-bond acceptors (Lipinski definition) is 5. The molecule has 0 saturated carbocycles. The van der Waals surface area contributed by atoms with Crippen molar-refractivity contribution in [3.05, 3.63) is 17.7 Å². The molecule has 1 atom stereocenters. The summed E-state index contributed by atoms with van der Waals surface area (Å²) in [4.78, 5) is 37.3. The summed E-state index contributed by atoms with van der Waals surface area (Å²) < 4.78 is 10.6. The van der Waals surface area contributed by atoms with E-state index in [4.69, 9.17) is 14.6 Å². The maximum atomic E-state index is 13.1. The van der Waals surface area contributed by atoms with Crippen LogP contribution in [-0.4, -0.2) is 54.6 Å². The Labute approximate surface area is 158 Å². The summed E-state index contributed by atoms with van der Waals surface area (Å²) >= 11 is 0. The molecule has 148 valence electrons. The van der Waals surface area contributed by atoms with Gasteiger partial charge in [0, 0.05) is 31.5 Å². The molecule has 0 aliphatic carbocycles. The van der Waals surface area contributed by atoms with Crippen LogP contribution in [0.5, 0.6) is 11.5 Å². The van der Waals surface area contributed by atoms with Crippen molar-refractivity contribution in [3.63, 3.8) is 0 Å². The van der Waals surface area contributed by atoms with Crippen LogP contribution in [0, 0.1) is 0 Å². The lowest BCUT2D eigenvalue weighted by Gasteiger charge is -2.36. The van der Waals surface area contributed by atoms with Crippen molar-refractivity contribution < 1.29 is 29.0 Å². The smallest absolute Gasteiger partial charge is 0.303 e. The largest absolute Gasteiger partial charge is 0.493 e. The van der Waals surface area contributed by atoms with Gasteiger partial charge >= 0.3 is 5.97 Å². The van der Waals surface area contributed by atoms with Crippen LogP contribution in [0.15, 0.2) is 12.1 Å². The normalized spacial score (nSPS) is 16.6. The van der Waals surface area contributed by atoms with Gasteiger partial charge in [-0.3, -0.25) is 14.4 Å². The van der Waals surface area contributed by atoms with Crippen LogP contribution < -0.4 is 14.8 Å². The van der Waals surface area contributed by atoms with Crippen LogP contribution in [0.25, 0.3) is 0 Å². The number of amides is 2. The Bertz CT molecular complexity index is 718. The number of carboxylic acid groups (broad SMARTS) is 1. The summed E-state index contributed by atoms with van der Waals surface area (Å²) in [5.41, 5.74) is 0.713. The molecule has 2 amide bonds. The molecule has 8 heteroatoms. The fourth-order valence-corrected chi connectivity index (χ4v) is 3.39. The third kappa shape index (κ3) is 5.12. The van der Waals surface area contributed by atoms with E-state index in [0.29, 0.717) is 35.7 Å². The number of ether oxygens (including phenoxy) is 2. The molecule has 27 heavy (non-hydrogen) atoms. The first-order valence-electron chi connectivity index (χ1n) is 8.93. The fraction of sp³-hybridized carbons (Fsp3) is 0.526. The molecule has 1 aromatic rings. The van der Waals surface area contributed by atoms with Crippen molar-refractivity contribution in [2.75, 3.05) is 26.1 Å². The first-order valence-corrected chi connectivity index (χ1v) is 8.93. The van der Waals surface area contributed by atoms with E-state index >= 15 is 0 Å². The summed E-state index contributed by atoms with van der Waals surface area (Å²) in [6.07, 6.45) is 3.08. The van der Waals surface area contributed by atoms with E-state index in [1.165, 1.54) is 21.1 Å². The van der Waals surface area contributed by atoms with Crippen LogP contribution >= 0.6 is 0 Å². The van der Waals surface area contributed by atoms with Gasteiger partial charge in [-0.15, -0.1) is 0 Å². The number of likely N-dealkylation sites (tertiary alicyclic amines) is 1. The Hall–Kier alpha value is -2.77. The van der Waals surface area contributed by atoms with Crippen LogP contribution in [0.2, 0.25) is 0 Å². The third-order valence-corrected chi connectivity index (χ3v) is 4.62. The average Bonchev–Trinajstić information content (AvgIpc) is 2.64. The minimum atomic E-state index is -0.868. The zero-order valence-electron chi connectivity index (χ0n) is 15.9. The number of nitrogens with one attached hydrogen (secondary N) is 1. The molecule has 1 unspecified atom stereocenters. The topological polar surface area (TPSA) is 105 Å². The Balaban J connectivity index is 2.35. The van der Waals surface area contributed by atoms with Gasteiger partial charge in [0.05, 0.1) is 19.9 Å². The molecule has 0 aromatic heterocycles. The minimum Gasteiger partial charge on any atom is -0.493 e. The van der Waals surface area contributed by atoms with E-state index in [-0.39, 0.29) is 24.3 Å². The molecule has 0 radical (unpaired) electrons. The molecule has 2 rings (SSSR count). The molecular weight excluding hydrogens is 352 g/mol. The van der Waals surface area contributed by atoms with Crippen molar-refractivity contribution in [1.29, 1.82) is 0 Å². The molecule has 2 N–H and O–H groups in total. The number of benzene rings is 1. The van der Waals surface area contributed by atoms with E-state index in [2.05, 4.69) is 5.32 Å². The monoisotopic (exact) mass is 378 g/mol. The second-order valence-electron chi connectivity index (χ2n) is 6.52. The number of rotatable bonds is 7. The number of anilines is 1. The number of carbonyl (C=O) groups excluding carboxylic acids is 2. The van der Waals surface area contributed by atoms with Gasteiger partial charge in [-0.25, -0.2) is 0 Å². The Morgan fingerprint density at radius 3 is 2.56 bits per heavy atom. The second kappa shape index (κ2) is 9.25. The molecule has 8 nitrogen and oxygen atoms in total. The predicted molar refractivity (Wildman–Crippen MR) is 99.4 cm³/mol. The van der Waals surface area contributed by atoms with Crippen molar-refractivity contribution >= 4 is 23.5 Å². The second-order valence-corrected chi connectivity index (χ2v) is 6.52. The summed E-state index contributed by atoms with van der Waals surface area (Å²) in [6.45, 7) is 1.94. The third-order valence-electron chi connectivity index (χ3n) is 4.62. The number of nitrogens with zero attached hydrogens (tertiary/aromatic N) is 1. The average molecular weight is 378 g/mol. The van der Waals surface area contributed by atoms with Gasteiger partial charge in [0.1, 0.15) is 0 Å². The highest BCUT2D eigenvalue weighted by atomic mass is 16.5. The molecule has 1 aliphatic heterocycles. The van der Waals surface area contributed by atoms with E-state index in [1.807, 2.05) is 0 Å². The summed E-state index contributed by atoms with van der Waals surface area (Å²) in [6, 6.07) is 3.03. The minimum absolute atomic E-state index is 0.0253. The number of hydrogen-bond donors (Lipinski definition) is 2. The van der Waals surface area contributed by atoms with Crippen LogP contribution in [0.4, 0.5) is 5.69 Å². The molecule has 1 heterocycles. The quantitative estimate of drug-likeness (QED) is 0.755.